The van der Waals surface area contributed by atoms with Gasteiger partial charge in [0.1, 0.15) is 17.7 Å². The lowest BCUT2D eigenvalue weighted by atomic mass is 10.1. The van der Waals surface area contributed by atoms with Crippen molar-refractivity contribution in [3.63, 3.8) is 0 Å². The van der Waals surface area contributed by atoms with Crippen molar-refractivity contribution in [2.75, 3.05) is 5.32 Å². The largest absolute Gasteiger partial charge is 0.334 e. The van der Waals surface area contributed by atoms with Gasteiger partial charge in [0.25, 0.3) is 11.4 Å². The first kappa shape index (κ1) is 18.4. The molecule has 2 heterocycles. The number of rotatable bonds is 5. The topological polar surface area (TPSA) is 90.0 Å². The maximum atomic E-state index is 13.8. The van der Waals surface area contributed by atoms with Crippen LogP contribution in [0, 0.1) is 18.6 Å². The third-order valence-electron chi connectivity index (χ3n) is 3.92. The molecule has 0 bridgehead atoms. The Morgan fingerprint density at radius 2 is 2.07 bits per heavy atom. The van der Waals surface area contributed by atoms with Crippen molar-refractivity contribution in [1.82, 2.24) is 14.7 Å². The van der Waals surface area contributed by atoms with Crippen LogP contribution in [-0.4, -0.2) is 20.6 Å². The van der Waals surface area contributed by atoms with Crippen LogP contribution in [0.1, 0.15) is 25.2 Å². The van der Waals surface area contributed by atoms with E-state index in [0.717, 1.165) is 18.2 Å². The van der Waals surface area contributed by atoms with Crippen LogP contribution in [0.4, 0.5) is 14.5 Å². The van der Waals surface area contributed by atoms with Crippen LogP contribution in [0.2, 0.25) is 0 Å². The second-order valence-electron chi connectivity index (χ2n) is 5.85. The molecule has 140 valence electrons. The van der Waals surface area contributed by atoms with Crippen LogP contribution in [0.5, 0.6) is 0 Å². The minimum Gasteiger partial charge on any atom is -0.334 e. The van der Waals surface area contributed by atoms with Gasteiger partial charge in [-0.15, -0.1) is 0 Å². The molecule has 3 aromatic rings. The van der Waals surface area contributed by atoms with Crippen molar-refractivity contribution in [2.24, 2.45) is 0 Å². The molecule has 0 spiro atoms. The first-order chi connectivity index (χ1) is 12.9. The Morgan fingerprint density at radius 3 is 2.74 bits per heavy atom. The smallest absolute Gasteiger partial charge is 0.259 e. The summed E-state index contributed by atoms with van der Waals surface area (Å²) in [5.74, 6) is -1.49. The fourth-order valence-corrected chi connectivity index (χ4v) is 2.61. The molecule has 0 aliphatic carbocycles. The van der Waals surface area contributed by atoms with Gasteiger partial charge in [0.15, 0.2) is 5.82 Å². The summed E-state index contributed by atoms with van der Waals surface area (Å²) in [4.78, 5) is 29.0. The molecule has 1 amide bonds. The van der Waals surface area contributed by atoms with E-state index >= 15 is 0 Å². The highest BCUT2D eigenvalue weighted by Crippen LogP contribution is 2.21. The maximum Gasteiger partial charge on any atom is 0.259 e. The number of pyridine rings is 1. The fraction of sp³-hybridized carbons (Fsp3) is 0.222. The summed E-state index contributed by atoms with van der Waals surface area (Å²) in [7, 11) is 0. The van der Waals surface area contributed by atoms with Crippen LogP contribution in [-0.2, 0) is 4.79 Å². The average Bonchev–Trinajstić information content (AvgIpc) is 3.07. The Kier molecular flexibility index (Phi) is 5.11. The van der Waals surface area contributed by atoms with Crippen LogP contribution in [0.3, 0.4) is 0 Å². The molecule has 0 radical (unpaired) electrons. The van der Waals surface area contributed by atoms with E-state index < -0.39 is 29.1 Å². The van der Waals surface area contributed by atoms with Gasteiger partial charge < -0.3 is 14.4 Å². The molecule has 0 unspecified atom stereocenters. The standard InChI is InChI=1S/C18H16F2N4O3/c1-3-15(17(26)22-14-8-12(19)5-6-13(14)20)24-9-11(4-7-16(24)25)18-21-10(2)23-27-18/h4-9,15H,3H2,1-2H3,(H,22,26)/t15-/m1/s1. The lowest BCUT2D eigenvalue weighted by Gasteiger charge is -2.18. The van der Waals surface area contributed by atoms with E-state index in [1.807, 2.05) is 0 Å². The van der Waals surface area contributed by atoms with E-state index in [2.05, 4.69) is 15.5 Å². The Bertz CT molecular complexity index is 1050. The number of aromatic nitrogens is 3. The minimum absolute atomic E-state index is 0.202. The zero-order chi connectivity index (χ0) is 19.6. The van der Waals surface area contributed by atoms with Gasteiger partial charge in [-0.3, -0.25) is 9.59 Å². The molecule has 3 rings (SSSR count). The number of amides is 1. The Labute approximate surface area is 152 Å². The number of hydrogen-bond donors (Lipinski definition) is 1. The number of aryl methyl sites for hydroxylation is 1. The monoisotopic (exact) mass is 374 g/mol. The van der Waals surface area contributed by atoms with E-state index in [4.69, 9.17) is 4.52 Å². The van der Waals surface area contributed by atoms with Gasteiger partial charge in [-0.25, -0.2) is 8.78 Å². The predicted octanol–water partition coefficient (Wildman–Crippen LogP) is 3.07. The van der Waals surface area contributed by atoms with Crippen molar-refractivity contribution in [3.05, 3.63) is 64.3 Å². The number of nitrogens with zero attached hydrogens (tertiary/aromatic N) is 3. The summed E-state index contributed by atoms with van der Waals surface area (Å²) in [5.41, 5.74) is -0.273. The van der Waals surface area contributed by atoms with E-state index in [1.165, 1.54) is 22.9 Å². The van der Waals surface area contributed by atoms with Crippen molar-refractivity contribution >= 4 is 11.6 Å². The van der Waals surface area contributed by atoms with Crippen LogP contribution in [0.15, 0.2) is 45.8 Å². The van der Waals surface area contributed by atoms with Crippen molar-refractivity contribution in [1.29, 1.82) is 0 Å². The van der Waals surface area contributed by atoms with Crippen molar-refractivity contribution < 1.29 is 18.1 Å². The summed E-state index contributed by atoms with van der Waals surface area (Å²) < 4.78 is 33.4. The first-order valence-corrected chi connectivity index (χ1v) is 8.18. The number of nitrogens with one attached hydrogen (secondary N) is 1. The Morgan fingerprint density at radius 1 is 1.30 bits per heavy atom. The molecular formula is C18H16F2N4O3. The Hall–Kier alpha value is -3.36. The molecule has 0 aliphatic heterocycles. The second-order valence-corrected chi connectivity index (χ2v) is 5.85. The molecule has 0 aliphatic rings. The van der Waals surface area contributed by atoms with Gasteiger partial charge in [-0.1, -0.05) is 12.1 Å². The number of carbonyl (C=O) groups excluding carboxylic acids is 1. The molecule has 2 aromatic heterocycles. The number of halogens is 2. The third kappa shape index (κ3) is 3.91. The number of benzene rings is 1. The molecule has 7 nitrogen and oxygen atoms in total. The zero-order valence-electron chi connectivity index (χ0n) is 14.6. The summed E-state index contributed by atoms with van der Waals surface area (Å²) in [5, 5.41) is 6.02. The molecule has 0 saturated heterocycles. The summed E-state index contributed by atoms with van der Waals surface area (Å²) >= 11 is 0. The van der Waals surface area contributed by atoms with Gasteiger partial charge in [0.05, 0.1) is 11.3 Å². The fourth-order valence-electron chi connectivity index (χ4n) is 2.61. The molecule has 27 heavy (non-hydrogen) atoms. The van der Waals surface area contributed by atoms with E-state index in [1.54, 1.807) is 13.8 Å². The zero-order valence-corrected chi connectivity index (χ0v) is 14.6. The summed E-state index contributed by atoms with van der Waals surface area (Å²) in [6, 6.07) is 4.57. The van der Waals surface area contributed by atoms with E-state index in [0.29, 0.717) is 11.4 Å². The Balaban J connectivity index is 1.93. The van der Waals surface area contributed by atoms with Gasteiger partial charge >= 0.3 is 0 Å². The third-order valence-corrected chi connectivity index (χ3v) is 3.92. The second kappa shape index (κ2) is 7.48. The maximum absolute atomic E-state index is 13.8. The minimum atomic E-state index is -0.941. The molecule has 1 aromatic carbocycles. The van der Waals surface area contributed by atoms with Crippen LogP contribution < -0.4 is 10.9 Å². The summed E-state index contributed by atoms with van der Waals surface area (Å²) in [6.45, 7) is 3.35. The molecule has 9 heteroatoms. The molecule has 0 fully saturated rings. The van der Waals surface area contributed by atoms with Crippen molar-refractivity contribution in [3.8, 4) is 11.5 Å². The lowest BCUT2D eigenvalue weighted by Crippen LogP contribution is -2.32. The van der Waals surface area contributed by atoms with E-state index in [-0.39, 0.29) is 18.0 Å². The van der Waals surface area contributed by atoms with Crippen LogP contribution >= 0.6 is 0 Å². The van der Waals surface area contributed by atoms with Gasteiger partial charge in [-0.05, 0) is 31.5 Å². The highest BCUT2D eigenvalue weighted by atomic mass is 19.1. The van der Waals surface area contributed by atoms with Crippen LogP contribution in [0.25, 0.3) is 11.5 Å². The number of carbonyl (C=O) groups is 1. The molecule has 1 atom stereocenters. The lowest BCUT2D eigenvalue weighted by molar-refractivity contribution is -0.119. The SMILES string of the molecule is CC[C@H](C(=O)Nc1cc(F)ccc1F)n1cc(-c2nc(C)no2)ccc1=O. The number of anilines is 1. The predicted molar refractivity (Wildman–Crippen MR) is 93.0 cm³/mol. The highest BCUT2D eigenvalue weighted by Gasteiger charge is 2.22. The normalized spacial score (nSPS) is 12.0. The van der Waals surface area contributed by atoms with Gasteiger partial charge in [0, 0.05) is 18.3 Å². The molecule has 0 saturated carbocycles. The van der Waals surface area contributed by atoms with E-state index in [9.17, 15) is 18.4 Å². The number of hydrogen-bond acceptors (Lipinski definition) is 5. The van der Waals surface area contributed by atoms with Gasteiger partial charge in [0.2, 0.25) is 5.91 Å². The quantitative estimate of drug-likeness (QED) is 0.741. The molecular weight excluding hydrogens is 358 g/mol. The average molecular weight is 374 g/mol. The highest BCUT2D eigenvalue weighted by molar-refractivity contribution is 5.93. The first-order valence-electron chi connectivity index (χ1n) is 8.18. The summed E-state index contributed by atoms with van der Waals surface area (Å²) in [6.07, 6.45) is 1.67. The molecule has 1 N–H and O–H groups in total. The van der Waals surface area contributed by atoms with Gasteiger partial charge in [-0.2, -0.15) is 4.98 Å². The van der Waals surface area contributed by atoms with Crippen molar-refractivity contribution in [2.45, 2.75) is 26.3 Å².